The maximum atomic E-state index is 10.8. The predicted octanol–water partition coefficient (Wildman–Crippen LogP) is 2.51. The van der Waals surface area contributed by atoms with Crippen molar-refractivity contribution < 1.29 is 9.59 Å². The molecule has 0 atom stereocenters. The Labute approximate surface area is 137 Å². The molecule has 0 aliphatic carbocycles. The molecule has 0 unspecified atom stereocenters. The smallest absolute Gasteiger partial charge is 0.227 e. The van der Waals surface area contributed by atoms with Crippen molar-refractivity contribution in [3.05, 3.63) is 48.5 Å². The highest BCUT2D eigenvalue weighted by molar-refractivity contribution is 8.00. The first-order valence-electron chi connectivity index (χ1n) is 6.57. The first-order valence-corrected chi connectivity index (χ1v) is 8.54. The molecule has 114 valence electrons. The van der Waals surface area contributed by atoms with Gasteiger partial charge >= 0.3 is 0 Å². The lowest BCUT2D eigenvalue weighted by atomic mass is 10.1. The third-order valence-corrected chi connectivity index (χ3v) is 4.87. The molecule has 0 spiro atoms. The summed E-state index contributed by atoms with van der Waals surface area (Å²) in [4.78, 5) is 23.5. The van der Waals surface area contributed by atoms with Gasteiger partial charge in [0.2, 0.25) is 11.8 Å². The topological polar surface area (TPSA) is 86.2 Å². The van der Waals surface area contributed by atoms with E-state index in [0.29, 0.717) is 0 Å². The van der Waals surface area contributed by atoms with E-state index in [0.717, 1.165) is 20.9 Å². The van der Waals surface area contributed by atoms with Crippen molar-refractivity contribution in [2.45, 2.75) is 9.79 Å². The molecule has 0 aliphatic heterocycles. The van der Waals surface area contributed by atoms with E-state index in [1.807, 2.05) is 48.5 Å². The summed E-state index contributed by atoms with van der Waals surface area (Å²) >= 11 is 2.85. The van der Waals surface area contributed by atoms with Crippen LogP contribution in [0, 0.1) is 0 Å². The number of hydrogen-bond donors (Lipinski definition) is 2. The van der Waals surface area contributed by atoms with Crippen LogP contribution < -0.4 is 11.5 Å². The summed E-state index contributed by atoms with van der Waals surface area (Å²) < 4.78 is 0. The summed E-state index contributed by atoms with van der Waals surface area (Å²) in [7, 11) is 0. The Morgan fingerprint density at radius 2 is 1.00 bits per heavy atom. The van der Waals surface area contributed by atoms with Gasteiger partial charge < -0.3 is 11.5 Å². The van der Waals surface area contributed by atoms with E-state index in [2.05, 4.69) is 0 Å². The fraction of sp³-hybridized carbons (Fsp3) is 0.125. The van der Waals surface area contributed by atoms with E-state index in [1.165, 1.54) is 23.5 Å². The van der Waals surface area contributed by atoms with Gasteiger partial charge in [-0.3, -0.25) is 9.59 Å². The average Bonchev–Trinajstić information content (AvgIpc) is 2.52. The minimum absolute atomic E-state index is 0.283. The number of amides is 2. The van der Waals surface area contributed by atoms with E-state index >= 15 is 0 Å². The zero-order valence-electron chi connectivity index (χ0n) is 11.8. The average molecular weight is 332 g/mol. The van der Waals surface area contributed by atoms with Gasteiger partial charge in [-0.2, -0.15) is 0 Å². The van der Waals surface area contributed by atoms with Gasteiger partial charge in [0.05, 0.1) is 11.5 Å². The Balaban J connectivity index is 2.02. The van der Waals surface area contributed by atoms with Gasteiger partial charge in [0.15, 0.2) is 0 Å². The summed E-state index contributed by atoms with van der Waals surface area (Å²) in [5.74, 6) is -0.0766. The van der Waals surface area contributed by atoms with Crippen molar-refractivity contribution in [2.24, 2.45) is 11.5 Å². The fourth-order valence-electron chi connectivity index (χ4n) is 1.80. The van der Waals surface area contributed by atoms with Crippen molar-refractivity contribution in [3.8, 4) is 11.1 Å². The second-order valence-corrected chi connectivity index (χ2v) is 6.66. The normalized spacial score (nSPS) is 10.4. The van der Waals surface area contributed by atoms with Crippen molar-refractivity contribution in [3.63, 3.8) is 0 Å². The molecule has 0 saturated heterocycles. The molecule has 2 rings (SSSR count). The molecule has 0 heterocycles. The molecule has 4 N–H and O–H groups in total. The van der Waals surface area contributed by atoms with Crippen molar-refractivity contribution >= 4 is 35.3 Å². The summed E-state index contributed by atoms with van der Waals surface area (Å²) in [6.45, 7) is 0. The van der Waals surface area contributed by atoms with Gasteiger partial charge in [0.1, 0.15) is 0 Å². The number of carbonyl (C=O) groups is 2. The molecule has 0 fully saturated rings. The molecule has 0 saturated carbocycles. The van der Waals surface area contributed by atoms with E-state index in [9.17, 15) is 9.59 Å². The molecule has 0 aromatic heterocycles. The molecule has 2 aromatic rings. The molecule has 22 heavy (non-hydrogen) atoms. The van der Waals surface area contributed by atoms with Crippen LogP contribution in [0.25, 0.3) is 11.1 Å². The number of carbonyl (C=O) groups excluding carboxylic acids is 2. The van der Waals surface area contributed by atoms with Gasteiger partial charge in [-0.25, -0.2) is 0 Å². The number of rotatable bonds is 7. The molecule has 2 amide bonds. The van der Waals surface area contributed by atoms with Crippen LogP contribution in [-0.2, 0) is 9.59 Å². The standard InChI is InChI=1S/C16H16N2O2S2/c17-15(19)9-21-13-5-1-11(2-6-13)12-3-7-14(8-4-12)22-10-16(18)20/h1-8H,9-10H2,(H2,17,19)(H2,18,20). The number of nitrogens with two attached hydrogens (primary N) is 2. The van der Waals surface area contributed by atoms with Crippen LogP contribution >= 0.6 is 23.5 Å². The largest absolute Gasteiger partial charge is 0.369 e. The van der Waals surface area contributed by atoms with Crippen LogP contribution in [0.2, 0.25) is 0 Å². The van der Waals surface area contributed by atoms with E-state index in [4.69, 9.17) is 11.5 Å². The third kappa shape index (κ3) is 5.13. The summed E-state index contributed by atoms with van der Waals surface area (Å²) in [5.41, 5.74) is 12.4. The number of primary amides is 2. The van der Waals surface area contributed by atoms with Crippen molar-refractivity contribution in [1.82, 2.24) is 0 Å². The maximum Gasteiger partial charge on any atom is 0.227 e. The fourth-order valence-corrected chi connectivity index (χ4v) is 3.07. The second-order valence-electron chi connectivity index (χ2n) is 4.56. The van der Waals surface area contributed by atoms with Crippen molar-refractivity contribution in [1.29, 1.82) is 0 Å². The molecule has 2 aromatic carbocycles. The van der Waals surface area contributed by atoms with Crippen LogP contribution in [0.4, 0.5) is 0 Å². The first kappa shape index (κ1) is 16.5. The molecule has 4 nitrogen and oxygen atoms in total. The van der Waals surface area contributed by atoms with E-state index < -0.39 is 0 Å². The lowest BCUT2D eigenvalue weighted by Crippen LogP contribution is -2.12. The van der Waals surface area contributed by atoms with Crippen LogP contribution in [-0.4, -0.2) is 23.3 Å². The summed E-state index contributed by atoms with van der Waals surface area (Å²) in [5, 5.41) is 0. The Bertz CT molecular complexity index is 595. The summed E-state index contributed by atoms with van der Waals surface area (Å²) in [6, 6.07) is 15.9. The van der Waals surface area contributed by atoms with Gasteiger partial charge in [-0.15, -0.1) is 23.5 Å². The molecule has 0 bridgehead atoms. The van der Waals surface area contributed by atoms with Gasteiger partial charge in [0, 0.05) is 9.79 Å². The third-order valence-electron chi connectivity index (χ3n) is 2.80. The quantitative estimate of drug-likeness (QED) is 0.763. The number of thioether (sulfide) groups is 2. The van der Waals surface area contributed by atoms with Crippen LogP contribution in [0.3, 0.4) is 0 Å². The highest BCUT2D eigenvalue weighted by Gasteiger charge is 2.02. The summed E-state index contributed by atoms with van der Waals surface area (Å²) in [6.07, 6.45) is 0. The number of benzene rings is 2. The van der Waals surface area contributed by atoms with Gasteiger partial charge in [0.25, 0.3) is 0 Å². The SMILES string of the molecule is NC(=O)CSc1ccc(-c2ccc(SCC(N)=O)cc2)cc1. The Morgan fingerprint density at radius 3 is 1.27 bits per heavy atom. The molecular weight excluding hydrogens is 316 g/mol. The number of hydrogen-bond acceptors (Lipinski definition) is 4. The van der Waals surface area contributed by atoms with Crippen LogP contribution in [0.5, 0.6) is 0 Å². The van der Waals surface area contributed by atoms with Gasteiger partial charge in [-0.05, 0) is 35.4 Å². The Morgan fingerprint density at radius 1 is 0.682 bits per heavy atom. The lowest BCUT2D eigenvalue weighted by molar-refractivity contribution is -0.116. The predicted molar refractivity (Wildman–Crippen MR) is 91.7 cm³/mol. The minimum atomic E-state index is -0.321. The van der Waals surface area contributed by atoms with E-state index in [1.54, 1.807) is 0 Å². The first-order chi connectivity index (χ1) is 10.5. The maximum absolute atomic E-state index is 10.8. The Hall–Kier alpha value is -1.92. The van der Waals surface area contributed by atoms with Crippen LogP contribution in [0.1, 0.15) is 0 Å². The lowest BCUT2D eigenvalue weighted by Gasteiger charge is -2.05. The zero-order valence-corrected chi connectivity index (χ0v) is 13.5. The second kappa shape index (κ2) is 7.91. The van der Waals surface area contributed by atoms with Crippen molar-refractivity contribution in [2.75, 3.05) is 11.5 Å². The zero-order chi connectivity index (χ0) is 15.9. The molecule has 6 heteroatoms. The minimum Gasteiger partial charge on any atom is -0.369 e. The molecule has 0 aliphatic rings. The highest BCUT2D eigenvalue weighted by atomic mass is 32.2. The van der Waals surface area contributed by atoms with Gasteiger partial charge in [-0.1, -0.05) is 24.3 Å². The molecule has 0 radical (unpaired) electrons. The Kier molecular flexibility index (Phi) is 5.91. The highest BCUT2D eigenvalue weighted by Crippen LogP contribution is 2.26. The monoisotopic (exact) mass is 332 g/mol. The van der Waals surface area contributed by atoms with E-state index in [-0.39, 0.29) is 23.3 Å². The molecular formula is C16H16N2O2S2. The van der Waals surface area contributed by atoms with Crippen LogP contribution in [0.15, 0.2) is 58.3 Å².